The van der Waals surface area contributed by atoms with Crippen molar-refractivity contribution in [2.24, 2.45) is 0 Å². The predicted molar refractivity (Wildman–Crippen MR) is 84.0 cm³/mol. The van der Waals surface area contributed by atoms with Crippen LogP contribution in [0.5, 0.6) is 0 Å². The third-order valence-corrected chi connectivity index (χ3v) is 4.26. The van der Waals surface area contributed by atoms with Gasteiger partial charge >= 0.3 is 0 Å². The van der Waals surface area contributed by atoms with Gasteiger partial charge < -0.3 is 25.2 Å². The Kier molecular flexibility index (Phi) is 4.78. The fraction of sp³-hybridized carbons (Fsp3) is 0.625. The monoisotopic (exact) mass is 318 g/mol. The van der Waals surface area contributed by atoms with Crippen molar-refractivity contribution in [3.63, 3.8) is 0 Å². The summed E-state index contributed by atoms with van der Waals surface area (Å²) in [4.78, 5) is 4.54. The van der Waals surface area contributed by atoms with Gasteiger partial charge in [0.05, 0.1) is 49.8 Å². The number of nitrogens with one attached hydrogen (secondary N) is 2. The first kappa shape index (κ1) is 16.1. The molecule has 0 spiro atoms. The van der Waals surface area contributed by atoms with Crippen LogP contribution < -0.4 is 10.6 Å². The first-order valence-electron chi connectivity index (χ1n) is 7.86. The Labute approximate surface area is 135 Å². The van der Waals surface area contributed by atoms with Crippen LogP contribution in [0.2, 0.25) is 0 Å². The maximum absolute atomic E-state index is 9.77. The second-order valence-corrected chi connectivity index (χ2v) is 6.26. The van der Waals surface area contributed by atoms with Gasteiger partial charge in [0.1, 0.15) is 11.9 Å². The van der Waals surface area contributed by atoms with Gasteiger partial charge in [0.25, 0.3) is 0 Å². The highest BCUT2D eigenvalue weighted by molar-refractivity contribution is 5.54. The van der Waals surface area contributed by atoms with Gasteiger partial charge in [-0.3, -0.25) is 0 Å². The second kappa shape index (κ2) is 6.81. The molecule has 0 unspecified atom stereocenters. The summed E-state index contributed by atoms with van der Waals surface area (Å²) < 4.78 is 11.0. The molecule has 0 aromatic carbocycles. The molecule has 1 fully saturated rings. The van der Waals surface area contributed by atoms with Crippen molar-refractivity contribution in [1.82, 2.24) is 10.3 Å². The summed E-state index contributed by atoms with van der Waals surface area (Å²) in [6.07, 6.45) is 0.783. The molecule has 7 heteroatoms. The Balaban J connectivity index is 1.78. The van der Waals surface area contributed by atoms with Gasteiger partial charge in [-0.1, -0.05) is 0 Å². The van der Waals surface area contributed by atoms with E-state index in [0.29, 0.717) is 44.4 Å². The van der Waals surface area contributed by atoms with Crippen molar-refractivity contribution >= 4 is 5.82 Å². The number of nitrogens with zero attached hydrogens (tertiary/aromatic N) is 2. The lowest BCUT2D eigenvalue weighted by molar-refractivity contribution is -0.0158. The lowest BCUT2D eigenvalue weighted by Gasteiger charge is -2.40. The highest BCUT2D eigenvalue weighted by Gasteiger charge is 2.35. The number of nitriles is 1. The minimum atomic E-state index is -0.571. The van der Waals surface area contributed by atoms with E-state index >= 15 is 0 Å². The lowest BCUT2D eigenvalue weighted by atomic mass is 9.98. The molecule has 2 aliphatic heterocycles. The lowest BCUT2D eigenvalue weighted by Crippen LogP contribution is -2.63. The number of hydrogen-bond donors (Lipinski definition) is 3. The fourth-order valence-electron chi connectivity index (χ4n) is 3.04. The average molecular weight is 318 g/mol. The van der Waals surface area contributed by atoms with E-state index in [9.17, 15) is 10.4 Å². The number of aliphatic hydroxyl groups is 1. The Morgan fingerprint density at radius 3 is 3.17 bits per heavy atom. The molecule has 23 heavy (non-hydrogen) atoms. The van der Waals surface area contributed by atoms with Gasteiger partial charge in [-0.25, -0.2) is 4.98 Å². The molecular weight excluding hydrogens is 296 g/mol. The van der Waals surface area contributed by atoms with Crippen LogP contribution in [-0.2, 0) is 22.5 Å². The molecule has 2 atom stereocenters. The zero-order valence-corrected chi connectivity index (χ0v) is 13.3. The molecule has 7 nitrogen and oxygen atoms in total. The highest BCUT2D eigenvalue weighted by atomic mass is 16.5. The van der Waals surface area contributed by atoms with E-state index in [2.05, 4.69) is 21.7 Å². The van der Waals surface area contributed by atoms with Gasteiger partial charge in [-0.05, 0) is 25.0 Å². The summed E-state index contributed by atoms with van der Waals surface area (Å²) in [5.74, 6) is 0.532. The number of anilines is 1. The van der Waals surface area contributed by atoms with Gasteiger partial charge in [-0.15, -0.1) is 0 Å². The molecule has 1 aromatic rings. The highest BCUT2D eigenvalue weighted by Crippen LogP contribution is 2.22. The van der Waals surface area contributed by atoms with Crippen LogP contribution in [0.1, 0.15) is 23.7 Å². The number of ether oxygens (including phenoxy) is 2. The fourth-order valence-corrected chi connectivity index (χ4v) is 3.04. The molecule has 3 heterocycles. The molecule has 0 aliphatic carbocycles. The largest absolute Gasteiger partial charge is 0.394 e. The van der Waals surface area contributed by atoms with Crippen LogP contribution in [-0.4, -0.2) is 54.6 Å². The van der Waals surface area contributed by atoms with Gasteiger partial charge in [0, 0.05) is 12.6 Å². The van der Waals surface area contributed by atoms with E-state index in [4.69, 9.17) is 9.47 Å². The number of pyridine rings is 1. The topological polar surface area (TPSA) is 99.4 Å². The van der Waals surface area contributed by atoms with Crippen LogP contribution in [0.25, 0.3) is 0 Å². The van der Waals surface area contributed by atoms with Crippen molar-refractivity contribution in [2.75, 3.05) is 38.3 Å². The molecule has 1 saturated heterocycles. The standard InChI is InChI=1S/C16H22N4O3/c1-11-6-23-10-16(9-21,20-11)8-18-15-13(5-17)4-12-2-3-22-7-14(12)19-15/h4,11,20-21H,2-3,6-10H2,1H3,(H,18,19)/t11-,16+/m1/s1. The first-order valence-corrected chi connectivity index (χ1v) is 7.86. The molecular formula is C16H22N4O3. The molecule has 0 amide bonds. The summed E-state index contributed by atoms with van der Waals surface area (Å²) in [7, 11) is 0. The van der Waals surface area contributed by atoms with Crippen LogP contribution >= 0.6 is 0 Å². The molecule has 0 bridgehead atoms. The number of fused-ring (bicyclic) bond motifs is 1. The Hall–Kier alpha value is -1.72. The van der Waals surface area contributed by atoms with Gasteiger partial charge in [-0.2, -0.15) is 5.26 Å². The second-order valence-electron chi connectivity index (χ2n) is 6.26. The third kappa shape index (κ3) is 3.46. The summed E-state index contributed by atoms with van der Waals surface area (Å²) in [6, 6.07) is 4.24. The van der Waals surface area contributed by atoms with E-state index < -0.39 is 5.54 Å². The normalized spacial score (nSPS) is 27.1. The maximum Gasteiger partial charge on any atom is 0.144 e. The van der Waals surface area contributed by atoms with Gasteiger partial charge in [0.15, 0.2) is 0 Å². The molecule has 0 saturated carbocycles. The number of aliphatic hydroxyl groups excluding tert-OH is 1. The number of morpholine rings is 1. The van der Waals surface area contributed by atoms with Crippen molar-refractivity contribution in [3.8, 4) is 6.07 Å². The molecule has 124 valence electrons. The molecule has 3 N–H and O–H groups in total. The Bertz CT molecular complexity index is 616. The van der Waals surface area contributed by atoms with Crippen LogP contribution in [0.15, 0.2) is 6.07 Å². The summed E-state index contributed by atoms with van der Waals surface area (Å²) in [5, 5.41) is 25.7. The van der Waals surface area contributed by atoms with Crippen molar-refractivity contribution in [3.05, 3.63) is 22.9 Å². The molecule has 2 aliphatic rings. The molecule has 0 radical (unpaired) electrons. The van der Waals surface area contributed by atoms with Crippen molar-refractivity contribution in [2.45, 2.75) is 31.5 Å². The van der Waals surface area contributed by atoms with Crippen LogP contribution in [0.4, 0.5) is 5.82 Å². The molecule has 3 rings (SSSR count). The van der Waals surface area contributed by atoms with Crippen molar-refractivity contribution < 1.29 is 14.6 Å². The van der Waals surface area contributed by atoms with Crippen LogP contribution in [0.3, 0.4) is 0 Å². The SMILES string of the molecule is C[C@@H]1COC[C@@](CO)(CNc2nc3c(cc2C#N)CCOC3)N1. The van der Waals surface area contributed by atoms with E-state index in [-0.39, 0.29) is 12.6 Å². The zero-order chi connectivity index (χ0) is 16.3. The summed E-state index contributed by atoms with van der Waals surface area (Å²) in [6.45, 7) is 4.56. The predicted octanol–water partition coefficient (Wildman–Crippen LogP) is 0.177. The van der Waals surface area contributed by atoms with Gasteiger partial charge in [0.2, 0.25) is 0 Å². The van der Waals surface area contributed by atoms with E-state index in [1.807, 2.05) is 13.0 Å². The smallest absolute Gasteiger partial charge is 0.144 e. The minimum Gasteiger partial charge on any atom is -0.394 e. The summed E-state index contributed by atoms with van der Waals surface area (Å²) >= 11 is 0. The van der Waals surface area contributed by atoms with Crippen molar-refractivity contribution in [1.29, 1.82) is 5.26 Å². The number of rotatable bonds is 4. The van der Waals surface area contributed by atoms with E-state index in [1.54, 1.807) is 0 Å². The third-order valence-electron chi connectivity index (χ3n) is 4.26. The zero-order valence-electron chi connectivity index (χ0n) is 13.3. The number of aromatic nitrogens is 1. The Morgan fingerprint density at radius 2 is 2.43 bits per heavy atom. The van der Waals surface area contributed by atoms with E-state index in [0.717, 1.165) is 17.7 Å². The average Bonchev–Trinajstić information content (AvgIpc) is 2.59. The Morgan fingerprint density at radius 1 is 1.57 bits per heavy atom. The molecule has 1 aromatic heterocycles. The van der Waals surface area contributed by atoms with Crippen LogP contribution in [0, 0.1) is 11.3 Å². The first-order chi connectivity index (χ1) is 11.2. The maximum atomic E-state index is 9.77. The minimum absolute atomic E-state index is 0.0553. The quantitative estimate of drug-likeness (QED) is 0.728. The summed E-state index contributed by atoms with van der Waals surface area (Å²) in [5.41, 5.74) is 1.89. The van der Waals surface area contributed by atoms with E-state index in [1.165, 1.54) is 0 Å². The number of hydrogen-bond acceptors (Lipinski definition) is 7.